The first-order valence-electron chi connectivity index (χ1n) is 13.7. The number of anilines is 2. The van der Waals surface area contributed by atoms with Crippen molar-refractivity contribution in [2.24, 2.45) is 5.92 Å². The van der Waals surface area contributed by atoms with Gasteiger partial charge in [-0.3, -0.25) is 14.3 Å². The Hall–Kier alpha value is -3.53. The molecule has 0 aliphatic carbocycles. The van der Waals surface area contributed by atoms with Gasteiger partial charge in [-0.05, 0) is 62.8 Å². The van der Waals surface area contributed by atoms with Gasteiger partial charge in [0.15, 0.2) is 5.82 Å². The number of aromatic nitrogens is 4. The molecule has 1 unspecified atom stereocenters. The van der Waals surface area contributed by atoms with Gasteiger partial charge in [-0.1, -0.05) is 6.07 Å². The monoisotopic (exact) mass is 518 g/mol. The van der Waals surface area contributed by atoms with Crippen LogP contribution in [0.25, 0.3) is 10.9 Å². The minimum atomic E-state index is -0.0868. The molecule has 1 atom stereocenters. The summed E-state index contributed by atoms with van der Waals surface area (Å²) in [5.74, 6) is 1.54. The van der Waals surface area contributed by atoms with Gasteiger partial charge in [0.05, 0.1) is 29.1 Å². The summed E-state index contributed by atoms with van der Waals surface area (Å²) in [4.78, 5) is 30.1. The standard InChI is InChI=1S/C28H38N8O2/c1-21-8-9-27(32-31-21)34-13-4-5-22(19-34)18-33-14-10-23(11-15-33)36-26-7-3-6-25(24(26)17-30-36)35(20-37)16-12-28(38)29-2/h3,6-9,17,20,22-23H,4-5,10-16,18-19H2,1-2H3,(H,29,38). The molecule has 2 aromatic heterocycles. The van der Waals surface area contributed by atoms with E-state index < -0.39 is 0 Å². The fourth-order valence-electron chi connectivity index (χ4n) is 5.87. The lowest BCUT2D eigenvalue weighted by molar-refractivity contribution is -0.120. The van der Waals surface area contributed by atoms with E-state index in [0.717, 1.165) is 80.1 Å². The van der Waals surface area contributed by atoms with Gasteiger partial charge in [0.1, 0.15) is 0 Å². The van der Waals surface area contributed by atoms with E-state index in [1.807, 2.05) is 31.3 Å². The predicted octanol–water partition coefficient (Wildman–Crippen LogP) is 2.79. The third-order valence-electron chi connectivity index (χ3n) is 7.96. The normalized spacial score (nSPS) is 19.0. The van der Waals surface area contributed by atoms with Crippen molar-refractivity contribution in [3.8, 4) is 0 Å². The second kappa shape index (κ2) is 11.9. The molecule has 202 valence electrons. The fourth-order valence-corrected chi connectivity index (χ4v) is 5.87. The molecule has 1 aromatic carbocycles. The zero-order valence-electron chi connectivity index (χ0n) is 22.4. The van der Waals surface area contributed by atoms with E-state index in [0.29, 0.717) is 18.5 Å². The van der Waals surface area contributed by atoms with E-state index in [4.69, 9.17) is 5.10 Å². The summed E-state index contributed by atoms with van der Waals surface area (Å²) in [6.45, 7) is 7.63. The van der Waals surface area contributed by atoms with Gasteiger partial charge in [-0.25, -0.2) is 0 Å². The predicted molar refractivity (Wildman–Crippen MR) is 148 cm³/mol. The van der Waals surface area contributed by atoms with Crippen LogP contribution in [0.1, 0.15) is 43.8 Å². The lowest BCUT2D eigenvalue weighted by atomic mass is 9.95. The average molecular weight is 519 g/mol. The highest BCUT2D eigenvalue weighted by atomic mass is 16.2. The molecule has 3 aromatic rings. The van der Waals surface area contributed by atoms with Gasteiger partial charge in [0.2, 0.25) is 12.3 Å². The molecule has 2 amide bonds. The van der Waals surface area contributed by atoms with Gasteiger partial charge in [-0.2, -0.15) is 10.2 Å². The van der Waals surface area contributed by atoms with Crippen molar-refractivity contribution in [2.45, 2.75) is 45.1 Å². The van der Waals surface area contributed by atoms with Gasteiger partial charge in [0.25, 0.3) is 0 Å². The maximum atomic E-state index is 11.8. The van der Waals surface area contributed by atoms with Crippen molar-refractivity contribution >= 4 is 34.7 Å². The molecule has 0 bridgehead atoms. The van der Waals surface area contributed by atoms with Crippen molar-refractivity contribution in [1.82, 2.24) is 30.2 Å². The molecule has 0 saturated carbocycles. The Morgan fingerprint density at radius 1 is 1.13 bits per heavy atom. The van der Waals surface area contributed by atoms with Crippen molar-refractivity contribution in [3.05, 3.63) is 42.2 Å². The van der Waals surface area contributed by atoms with Crippen LogP contribution in [0.5, 0.6) is 0 Å². The third-order valence-corrected chi connectivity index (χ3v) is 7.96. The third kappa shape index (κ3) is 5.80. The zero-order valence-corrected chi connectivity index (χ0v) is 22.4. The molecular formula is C28H38N8O2. The number of carbonyl (C=O) groups excluding carboxylic acids is 2. The zero-order chi connectivity index (χ0) is 26.5. The van der Waals surface area contributed by atoms with Crippen LogP contribution in [0.4, 0.5) is 11.5 Å². The number of fused-ring (bicyclic) bond motifs is 1. The van der Waals surface area contributed by atoms with Crippen LogP contribution in [-0.2, 0) is 9.59 Å². The van der Waals surface area contributed by atoms with Gasteiger partial charge < -0.3 is 20.0 Å². The molecule has 10 heteroatoms. The number of nitrogens with one attached hydrogen (secondary N) is 1. The quantitative estimate of drug-likeness (QED) is 0.435. The lowest BCUT2D eigenvalue weighted by Gasteiger charge is -2.38. The molecule has 1 N–H and O–H groups in total. The van der Waals surface area contributed by atoms with E-state index in [1.54, 1.807) is 11.9 Å². The van der Waals surface area contributed by atoms with Crippen molar-refractivity contribution in [3.63, 3.8) is 0 Å². The summed E-state index contributed by atoms with van der Waals surface area (Å²) >= 11 is 0. The topological polar surface area (TPSA) is 99.5 Å². The number of likely N-dealkylation sites (tertiary alicyclic amines) is 1. The van der Waals surface area contributed by atoms with E-state index in [-0.39, 0.29) is 12.3 Å². The Bertz CT molecular complexity index is 1240. The first kappa shape index (κ1) is 26.1. The van der Waals surface area contributed by atoms with Crippen LogP contribution >= 0.6 is 0 Å². The Morgan fingerprint density at radius 3 is 2.71 bits per heavy atom. The van der Waals surface area contributed by atoms with E-state index in [1.165, 1.54) is 12.8 Å². The SMILES string of the molecule is CNC(=O)CCN(C=O)c1cccc2c1cnn2C1CCN(CC2CCCN(c3ccc(C)nn3)C2)CC1. The number of aryl methyl sites for hydroxylation is 1. The number of benzene rings is 1. The van der Waals surface area contributed by atoms with E-state index >= 15 is 0 Å². The molecule has 10 nitrogen and oxygen atoms in total. The minimum Gasteiger partial charge on any atom is -0.359 e. The van der Waals surface area contributed by atoms with Crippen LogP contribution < -0.4 is 15.1 Å². The Morgan fingerprint density at radius 2 is 1.97 bits per heavy atom. The molecule has 2 saturated heterocycles. The number of nitrogens with zero attached hydrogens (tertiary/aromatic N) is 7. The van der Waals surface area contributed by atoms with Crippen molar-refractivity contribution < 1.29 is 9.59 Å². The number of amides is 2. The van der Waals surface area contributed by atoms with Crippen LogP contribution in [0.15, 0.2) is 36.5 Å². The highest BCUT2D eigenvalue weighted by Crippen LogP contribution is 2.32. The molecule has 5 rings (SSSR count). The van der Waals surface area contributed by atoms with E-state index in [9.17, 15) is 9.59 Å². The second-order valence-electron chi connectivity index (χ2n) is 10.5. The molecule has 2 fully saturated rings. The van der Waals surface area contributed by atoms with Crippen LogP contribution in [0.3, 0.4) is 0 Å². The first-order valence-corrected chi connectivity index (χ1v) is 13.7. The smallest absolute Gasteiger partial charge is 0.221 e. The molecular weight excluding hydrogens is 480 g/mol. The largest absolute Gasteiger partial charge is 0.359 e. The van der Waals surface area contributed by atoms with Gasteiger partial charge >= 0.3 is 0 Å². The highest BCUT2D eigenvalue weighted by Gasteiger charge is 2.27. The Balaban J connectivity index is 1.19. The summed E-state index contributed by atoms with van der Waals surface area (Å²) in [6.07, 6.45) is 7.47. The summed E-state index contributed by atoms with van der Waals surface area (Å²) in [5, 5.41) is 17.0. The van der Waals surface area contributed by atoms with Gasteiger partial charge in [0, 0.05) is 58.1 Å². The number of rotatable bonds is 9. The second-order valence-corrected chi connectivity index (χ2v) is 10.5. The maximum Gasteiger partial charge on any atom is 0.221 e. The maximum absolute atomic E-state index is 11.8. The lowest BCUT2D eigenvalue weighted by Crippen LogP contribution is -2.44. The first-order chi connectivity index (χ1) is 18.6. The van der Waals surface area contributed by atoms with Crippen molar-refractivity contribution in [2.75, 3.05) is 56.1 Å². The Labute approximate surface area is 224 Å². The molecule has 0 radical (unpaired) electrons. The van der Waals surface area contributed by atoms with E-state index in [2.05, 4.69) is 42.1 Å². The average Bonchev–Trinajstić information content (AvgIpc) is 3.39. The van der Waals surface area contributed by atoms with Gasteiger partial charge in [-0.15, -0.1) is 5.10 Å². The number of hydrogen-bond acceptors (Lipinski definition) is 7. The van der Waals surface area contributed by atoms with Crippen molar-refractivity contribution in [1.29, 1.82) is 0 Å². The molecule has 4 heterocycles. The highest BCUT2D eigenvalue weighted by molar-refractivity contribution is 5.97. The molecule has 2 aliphatic heterocycles. The summed E-state index contributed by atoms with van der Waals surface area (Å²) in [7, 11) is 1.61. The van der Waals surface area contributed by atoms with Crippen LogP contribution in [0, 0.1) is 12.8 Å². The number of piperidine rings is 2. The number of hydrogen-bond donors (Lipinski definition) is 1. The summed E-state index contributed by atoms with van der Waals surface area (Å²) < 4.78 is 2.14. The molecule has 2 aliphatic rings. The molecule has 0 spiro atoms. The van der Waals surface area contributed by atoms with Crippen LogP contribution in [0.2, 0.25) is 0 Å². The fraction of sp³-hybridized carbons (Fsp3) is 0.536. The minimum absolute atomic E-state index is 0.0868. The summed E-state index contributed by atoms with van der Waals surface area (Å²) in [6, 6.07) is 10.4. The number of carbonyl (C=O) groups is 2. The summed E-state index contributed by atoms with van der Waals surface area (Å²) in [5.41, 5.74) is 2.79. The Kier molecular flexibility index (Phi) is 8.17. The molecule has 38 heavy (non-hydrogen) atoms. The van der Waals surface area contributed by atoms with Crippen LogP contribution in [-0.4, -0.2) is 83.5 Å².